The van der Waals surface area contributed by atoms with Crippen LogP contribution in [0.5, 0.6) is 5.75 Å². The molecule has 0 atom stereocenters. The van der Waals surface area contributed by atoms with Crippen molar-refractivity contribution in [2.45, 2.75) is 19.8 Å². The summed E-state index contributed by atoms with van der Waals surface area (Å²) < 4.78 is 7.75. The summed E-state index contributed by atoms with van der Waals surface area (Å²) in [5.41, 5.74) is 5.76. The molecule has 0 saturated carbocycles. The highest BCUT2D eigenvalue weighted by Crippen LogP contribution is 2.33. The minimum absolute atomic E-state index is 0.427. The van der Waals surface area contributed by atoms with Crippen molar-refractivity contribution in [3.8, 4) is 34.0 Å². The van der Waals surface area contributed by atoms with Gasteiger partial charge >= 0.3 is 0 Å². The molecule has 3 aromatic carbocycles. The van der Waals surface area contributed by atoms with Crippen molar-refractivity contribution >= 4 is 0 Å². The van der Waals surface area contributed by atoms with Crippen molar-refractivity contribution in [3.05, 3.63) is 90.8 Å². The summed E-state index contributed by atoms with van der Waals surface area (Å²) >= 11 is 0. The molecule has 28 heavy (non-hydrogen) atoms. The van der Waals surface area contributed by atoms with E-state index in [0.717, 1.165) is 34.0 Å². The molecule has 0 radical (unpaired) electrons. The molecular weight excluding hydrogens is 344 g/mol. The Kier molecular flexibility index (Phi) is 4.98. The van der Waals surface area contributed by atoms with E-state index in [1.807, 2.05) is 36.7 Å². The largest absolute Gasteiger partial charge is 0.497 e. The Morgan fingerprint density at radius 2 is 1.54 bits per heavy atom. The second-order valence-corrected chi connectivity index (χ2v) is 7.15. The molecule has 0 bridgehead atoms. The predicted molar refractivity (Wildman–Crippen MR) is 115 cm³/mol. The van der Waals surface area contributed by atoms with Crippen LogP contribution in [-0.4, -0.2) is 16.7 Å². The Morgan fingerprint density at radius 3 is 2.29 bits per heavy atom. The lowest BCUT2D eigenvalue weighted by atomic mass is 10.00. The Hall–Kier alpha value is -3.33. The van der Waals surface area contributed by atoms with Crippen LogP contribution in [0.25, 0.3) is 28.2 Å². The van der Waals surface area contributed by atoms with Crippen molar-refractivity contribution in [3.63, 3.8) is 0 Å². The number of hydrogen-bond donors (Lipinski definition) is 0. The molecule has 0 spiro atoms. The van der Waals surface area contributed by atoms with Gasteiger partial charge in [0, 0.05) is 18.0 Å². The molecule has 0 aliphatic rings. The molecular formula is C25H24N2O. The van der Waals surface area contributed by atoms with Crippen LogP contribution in [0.4, 0.5) is 0 Å². The lowest BCUT2D eigenvalue weighted by Crippen LogP contribution is -2.02. The standard InChI is InChI=1S/C25H24N2O/c1-18(2)23-11-7-8-12-24(23)27-14-13-26-25(27)21-15-20(16-22(17-21)28-3)19-9-5-4-6-10-19/h4-18H,1-3H3. The van der Waals surface area contributed by atoms with Gasteiger partial charge in [-0.1, -0.05) is 62.4 Å². The van der Waals surface area contributed by atoms with Crippen LogP contribution < -0.4 is 4.74 Å². The lowest BCUT2D eigenvalue weighted by molar-refractivity contribution is 0.415. The van der Waals surface area contributed by atoms with E-state index in [-0.39, 0.29) is 0 Å². The van der Waals surface area contributed by atoms with E-state index in [4.69, 9.17) is 4.74 Å². The SMILES string of the molecule is COc1cc(-c2ccccc2)cc(-c2nccn2-c2ccccc2C(C)C)c1. The van der Waals surface area contributed by atoms with E-state index >= 15 is 0 Å². The van der Waals surface area contributed by atoms with Crippen molar-refractivity contribution in [2.75, 3.05) is 7.11 Å². The van der Waals surface area contributed by atoms with Crippen molar-refractivity contribution in [2.24, 2.45) is 0 Å². The Morgan fingerprint density at radius 1 is 0.821 bits per heavy atom. The van der Waals surface area contributed by atoms with Gasteiger partial charge in [-0.2, -0.15) is 0 Å². The Labute approximate surface area is 166 Å². The van der Waals surface area contributed by atoms with Gasteiger partial charge in [-0.15, -0.1) is 0 Å². The third-order valence-corrected chi connectivity index (χ3v) is 4.97. The topological polar surface area (TPSA) is 27.1 Å². The van der Waals surface area contributed by atoms with Gasteiger partial charge in [-0.25, -0.2) is 4.98 Å². The maximum atomic E-state index is 5.59. The molecule has 3 heteroatoms. The molecule has 140 valence electrons. The minimum atomic E-state index is 0.427. The van der Waals surface area contributed by atoms with Gasteiger partial charge in [0.1, 0.15) is 11.6 Å². The lowest BCUT2D eigenvalue weighted by Gasteiger charge is -2.16. The molecule has 0 fully saturated rings. The van der Waals surface area contributed by atoms with Crippen LogP contribution in [0.3, 0.4) is 0 Å². The average Bonchev–Trinajstić information content (AvgIpc) is 3.24. The zero-order valence-electron chi connectivity index (χ0n) is 16.5. The van der Waals surface area contributed by atoms with E-state index in [9.17, 15) is 0 Å². The smallest absolute Gasteiger partial charge is 0.144 e. The van der Waals surface area contributed by atoms with Gasteiger partial charge in [0.2, 0.25) is 0 Å². The molecule has 4 rings (SSSR count). The van der Waals surface area contributed by atoms with E-state index in [1.54, 1.807) is 7.11 Å². The van der Waals surface area contributed by atoms with Crippen LogP contribution in [0.1, 0.15) is 25.3 Å². The summed E-state index contributed by atoms with van der Waals surface area (Å²) in [5.74, 6) is 2.16. The number of nitrogens with zero attached hydrogens (tertiary/aromatic N) is 2. The van der Waals surface area contributed by atoms with Gasteiger partial charge in [-0.3, -0.25) is 4.57 Å². The van der Waals surface area contributed by atoms with Crippen LogP contribution in [0.15, 0.2) is 85.2 Å². The van der Waals surface area contributed by atoms with Gasteiger partial charge in [0.25, 0.3) is 0 Å². The molecule has 4 aromatic rings. The monoisotopic (exact) mass is 368 g/mol. The maximum absolute atomic E-state index is 5.59. The van der Waals surface area contributed by atoms with Crippen LogP contribution in [0.2, 0.25) is 0 Å². The molecule has 0 saturated heterocycles. The number of para-hydroxylation sites is 1. The fraction of sp³-hybridized carbons (Fsp3) is 0.160. The van der Waals surface area contributed by atoms with Gasteiger partial charge in [0.05, 0.1) is 12.8 Å². The van der Waals surface area contributed by atoms with E-state index in [1.165, 1.54) is 5.56 Å². The Balaban J connectivity index is 1.87. The number of methoxy groups -OCH3 is 1. The van der Waals surface area contributed by atoms with Gasteiger partial charge in [0.15, 0.2) is 0 Å². The molecule has 0 unspecified atom stereocenters. The number of imidazole rings is 1. The van der Waals surface area contributed by atoms with Crippen LogP contribution in [-0.2, 0) is 0 Å². The van der Waals surface area contributed by atoms with Gasteiger partial charge in [-0.05, 0) is 46.9 Å². The molecule has 0 amide bonds. The summed E-state index contributed by atoms with van der Waals surface area (Å²) in [5, 5.41) is 0. The highest BCUT2D eigenvalue weighted by Gasteiger charge is 2.14. The summed E-state index contributed by atoms with van der Waals surface area (Å²) in [4.78, 5) is 4.68. The molecule has 1 heterocycles. The van der Waals surface area contributed by atoms with Crippen LogP contribution >= 0.6 is 0 Å². The second-order valence-electron chi connectivity index (χ2n) is 7.15. The van der Waals surface area contributed by atoms with Crippen molar-refractivity contribution < 1.29 is 4.74 Å². The molecule has 3 nitrogen and oxygen atoms in total. The number of aromatic nitrogens is 2. The highest BCUT2D eigenvalue weighted by molar-refractivity contribution is 5.73. The highest BCUT2D eigenvalue weighted by atomic mass is 16.5. The predicted octanol–water partition coefficient (Wildman–Crippen LogP) is 6.34. The summed E-state index contributed by atoms with van der Waals surface area (Å²) in [7, 11) is 1.70. The number of hydrogen-bond acceptors (Lipinski definition) is 2. The quantitative estimate of drug-likeness (QED) is 0.411. The first-order valence-electron chi connectivity index (χ1n) is 9.55. The van der Waals surface area contributed by atoms with Crippen molar-refractivity contribution in [1.29, 1.82) is 0 Å². The van der Waals surface area contributed by atoms with E-state index in [2.05, 4.69) is 71.9 Å². The average molecular weight is 368 g/mol. The summed E-state index contributed by atoms with van der Waals surface area (Å²) in [6, 6.07) is 25.1. The third-order valence-electron chi connectivity index (χ3n) is 4.97. The molecule has 0 aliphatic heterocycles. The minimum Gasteiger partial charge on any atom is -0.497 e. The third kappa shape index (κ3) is 3.44. The maximum Gasteiger partial charge on any atom is 0.144 e. The number of benzene rings is 3. The Bertz CT molecular complexity index is 1080. The van der Waals surface area contributed by atoms with E-state index in [0.29, 0.717) is 5.92 Å². The van der Waals surface area contributed by atoms with Gasteiger partial charge < -0.3 is 4.74 Å². The number of rotatable bonds is 5. The molecule has 0 aliphatic carbocycles. The normalized spacial score (nSPS) is 11.0. The number of ether oxygens (including phenoxy) is 1. The molecule has 1 aromatic heterocycles. The zero-order valence-corrected chi connectivity index (χ0v) is 16.5. The van der Waals surface area contributed by atoms with Crippen LogP contribution in [0, 0.1) is 0 Å². The van der Waals surface area contributed by atoms with Crippen molar-refractivity contribution in [1.82, 2.24) is 9.55 Å². The fourth-order valence-corrected chi connectivity index (χ4v) is 3.55. The second kappa shape index (κ2) is 7.73. The zero-order chi connectivity index (χ0) is 19.5. The molecule has 0 N–H and O–H groups in total. The first kappa shape index (κ1) is 18.1. The first-order chi connectivity index (χ1) is 13.7. The summed E-state index contributed by atoms with van der Waals surface area (Å²) in [6.07, 6.45) is 3.88. The summed E-state index contributed by atoms with van der Waals surface area (Å²) in [6.45, 7) is 4.43. The fourth-order valence-electron chi connectivity index (χ4n) is 3.55. The first-order valence-corrected chi connectivity index (χ1v) is 9.55. The van der Waals surface area contributed by atoms with E-state index < -0.39 is 0 Å².